The van der Waals surface area contributed by atoms with Crippen molar-refractivity contribution in [1.29, 1.82) is 0 Å². The molecule has 1 atom stereocenters. The molecule has 0 amide bonds. The first-order valence-electron chi connectivity index (χ1n) is 6.78. The number of benzene rings is 1. The highest BCUT2D eigenvalue weighted by molar-refractivity contribution is 5.63. The van der Waals surface area contributed by atoms with E-state index in [4.69, 9.17) is 9.26 Å². The summed E-state index contributed by atoms with van der Waals surface area (Å²) in [6, 6.07) is 5.27. The third-order valence-electron chi connectivity index (χ3n) is 3.03. The van der Waals surface area contributed by atoms with Gasteiger partial charge in [-0.3, -0.25) is 0 Å². The summed E-state index contributed by atoms with van der Waals surface area (Å²) in [4.78, 5) is 4.36. The summed E-state index contributed by atoms with van der Waals surface area (Å²) < 4.78 is 10.9. The lowest BCUT2D eigenvalue weighted by molar-refractivity contribution is 0.0217. The zero-order valence-corrected chi connectivity index (χ0v) is 12.3. The molecule has 0 aliphatic rings. The van der Waals surface area contributed by atoms with Crippen LogP contribution in [0.5, 0.6) is 5.75 Å². The second kappa shape index (κ2) is 6.05. The van der Waals surface area contributed by atoms with E-state index in [0.717, 1.165) is 5.56 Å². The van der Waals surface area contributed by atoms with Crippen molar-refractivity contribution >= 4 is 0 Å². The summed E-state index contributed by atoms with van der Waals surface area (Å²) in [6.07, 6.45) is -0.204. The van der Waals surface area contributed by atoms with Crippen LogP contribution >= 0.6 is 0 Å². The molecule has 0 saturated heterocycles. The lowest BCUT2D eigenvalue weighted by Gasteiger charge is -2.16. The molecule has 0 fully saturated rings. The Hall–Kier alpha value is -1.88. The molecule has 0 aliphatic carbocycles. The first-order chi connectivity index (χ1) is 9.52. The molecular weight excluding hydrogens is 256 g/mol. The minimum Gasteiger partial charge on any atom is -0.507 e. The van der Waals surface area contributed by atoms with Crippen LogP contribution in [0, 0.1) is 12.8 Å². The topological polar surface area (TPSA) is 68.4 Å². The van der Waals surface area contributed by atoms with Crippen LogP contribution < -0.4 is 0 Å². The van der Waals surface area contributed by atoms with Crippen LogP contribution in [0.3, 0.4) is 0 Å². The van der Waals surface area contributed by atoms with Crippen molar-refractivity contribution in [2.24, 2.45) is 5.92 Å². The Bertz CT molecular complexity index is 578. The summed E-state index contributed by atoms with van der Waals surface area (Å²) in [6.45, 7) is 8.55. The van der Waals surface area contributed by atoms with Crippen LogP contribution in [0.1, 0.15) is 38.3 Å². The van der Waals surface area contributed by atoms with Crippen LogP contribution in [-0.4, -0.2) is 21.9 Å². The number of aryl methyl sites for hydroxylation is 1. The third-order valence-corrected chi connectivity index (χ3v) is 3.03. The number of phenols is 1. The van der Waals surface area contributed by atoms with Gasteiger partial charge in [-0.05, 0) is 31.9 Å². The normalized spacial score (nSPS) is 12.8. The molecule has 1 aromatic heterocycles. The largest absolute Gasteiger partial charge is 0.507 e. The van der Waals surface area contributed by atoms with Gasteiger partial charge in [0.1, 0.15) is 11.9 Å². The predicted octanol–water partition coefficient (Wildman–Crippen LogP) is 3.48. The summed E-state index contributed by atoms with van der Waals surface area (Å²) in [5.74, 6) is 1.19. The highest BCUT2D eigenvalue weighted by Crippen LogP contribution is 2.31. The monoisotopic (exact) mass is 276 g/mol. The van der Waals surface area contributed by atoms with E-state index in [1.54, 1.807) is 6.07 Å². The van der Waals surface area contributed by atoms with Gasteiger partial charge < -0.3 is 14.4 Å². The van der Waals surface area contributed by atoms with Crippen LogP contribution in [0.15, 0.2) is 22.7 Å². The Morgan fingerprint density at radius 2 is 2.10 bits per heavy atom. The van der Waals surface area contributed by atoms with E-state index >= 15 is 0 Å². The molecule has 5 heteroatoms. The quantitative estimate of drug-likeness (QED) is 0.905. The molecule has 0 radical (unpaired) electrons. The summed E-state index contributed by atoms with van der Waals surface area (Å²) in [5.41, 5.74) is 1.56. The van der Waals surface area contributed by atoms with Gasteiger partial charge >= 0.3 is 0 Å². The summed E-state index contributed by atoms with van der Waals surface area (Å²) in [7, 11) is 0. The number of aromatic nitrogens is 2. The van der Waals surface area contributed by atoms with Crippen LogP contribution in [0.4, 0.5) is 0 Å². The van der Waals surface area contributed by atoms with Gasteiger partial charge in [0, 0.05) is 6.61 Å². The highest BCUT2D eigenvalue weighted by atomic mass is 16.5. The molecule has 1 heterocycles. The van der Waals surface area contributed by atoms with Crippen molar-refractivity contribution < 1.29 is 14.4 Å². The van der Waals surface area contributed by atoms with Crippen LogP contribution in [0.25, 0.3) is 11.5 Å². The van der Waals surface area contributed by atoms with E-state index in [1.165, 1.54) is 0 Å². The Morgan fingerprint density at radius 3 is 2.75 bits per heavy atom. The molecule has 108 valence electrons. The molecule has 1 N–H and O–H groups in total. The van der Waals surface area contributed by atoms with Crippen molar-refractivity contribution in [1.82, 2.24) is 10.1 Å². The molecule has 0 saturated carbocycles. The molecule has 2 aromatic rings. The highest BCUT2D eigenvalue weighted by Gasteiger charge is 2.23. The maximum absolute atomic E-state index is 9.89. The lowest BCUT2D eigenvalue weighted by Crippen LogP contribution is -2.12. The molecular formula is C15H20N2O3. The minimum atomic E-state index is -0.204. The number of ether oxygens (including phenoxy) is 1. The molecule has 0 aliphatic heterocycles. The number of phenolic OH excluding ortho intramolecular Hbond substituents is 1. The van der Waals surface area contributed by atoms with E-state index in [9.17, 15) is 5.11 Å². The maximum atomic E-state index is 9.89. The average Bonchev–Trinajstić information content (AvgIpc) is 2.87. The fraction of sp³-hybridized carbons (Fsp3) is 0.467. The first kappa shape index (κ1) is 14.5. The van der Waals surface area contributed by atoms with Crippen LogP contribution in [0.2, 0.25) is 0 Å². The molecule has 0 spiro atoms. The molecule has 2 rings (SSSR count). The number of nitrogens with zero attached hydrogens (tertiary/aromatic N) is 2. The van der Waals surface area contributed by atoms with E-state index in [0.29, 0.717) is 23.9 Å². The summed E-state index contributed by atoms with van der Waals surface area (Å²) in [5, 5.41) is 13.9. The third kappa shape index (κ3) is 2.99. The van der Waals surface area contributed by atoms with Crippen LogP contribution in [-0.2, 0) is 4.74 Å². The second-order valence-corrected chi connectivity index (χ2v) is 5.10. The Labute approximate surface area is 118 Å². The minimum absolute atomic E-state index is 0.128. The SMILES string of the molecule is CCOC(c1noc(-c2cc(C)ccc2O)n1)C(C)C. The maximum Gasteiger partial charge on any atom is 0.261 e. The first-order valence-corrected chi connectivity index (χ1v) is 6.78. The molecule has 0 bridgehead atoms. The van der Waals surface area contributed by atoms with Gasteiger partial charge in [-0.15, -0.1) is 0 Å². The van der Waals surface area contributed by atoms with Gasteiger partial charge in [0.05, 0.1) is 5.56 Å². The second-order valence-electron chi connectivity index (χ2n) is 5.10. The van der Waals surface area contributed by atoms with E-state index in [2.05, 4.69) is 10.1 Å². The number of aromatic hydroxyl groups is 1. The Balaban J connectivity index is 2.34. The standard InChI is InChI=1S/C15H20N2O3/c1-5-19-13(9(2)3)14-16-15(20-17-14)11-8-10(4)6-7-12(11)18/h6-9,13,18H,5H2,1-4H3. The zero-order valence-electron chi connectivity index (χ0n) is 12.3. The van der Waals surface area contributed by atoms with Crippen molar-refractivity contribution in [3.05, 3.63) is 29.6 Å². The van der Waals surface area contributed by atoms with Gasteiger partial charge in [0.25, 0.3) is 5.89 Å². The van der Waals surface area contributed by atoms with E-state index in [-0.39, 0.29) is 17.8 Å². The molecule has 1 aromatic carbocycles. The van der Waals surface area contributed by atoms with E-state index in [1.807, 2.05) is 39.8 Å². The van der Waals surface area contributed by atoms with Gasteiger partial charge in [-0.1, -0.05) is 30.6 Å². The molecule has 1 unspecified atom stereocenters. The zero-order chi connectivity index (χ0) is 14.7. The molecule has 20 heavy (non-hydrogen) atoms. The molecule has 5 nitrogen and oxygen atoms in total. The predicted molar refractivity (Wildman–Crippen MR) is 75.3 cm³/mol. The van der Waals surface area contributed by atoms with E-state index < -0.39 is 0 Å². The van der Waals surface area contributed by atoms with Gasteiger partial charge in [-0.2, -0.15) is 4.98 Å². The summed E-state index contributed by atoms with van der Waals surface area (Å²) >= 11 is 0. The van der Waals surface area contributed by atoms with Crippen molar-refractivity contribution in [2.75, 3.05) is 6.61 Å². The average molecular weight is 276 g/mol. The lowest BCUT2D eigenvalue weighted by atomic mass is 10.1. The number of rotatable bonds is 5. The van der Waals surface area contributed by atoms with Crippen molar-refractivity contribution in [3.63, 3.8) is 0 Å². The number of hydrogen-bond donors (Lipinski definition) is 1. The fourth-order valence-electron chi connectivity index (χ4n) is 2.03. The van der Waals surface area contributed by atoms with Gasteiger partial charge in [-0.25, -0.2) is 0 Å². The van der Waals surface area contributed by atoms with Crippen molar-refractivity contribution in [3.8, 4) is 17.2 Å². The number of hydrogen-bond acceptors (Lipinski definition) is 5. The Morgan fingerprint density at radius 1 is 1.35 bits per heavy atom. The van der Waals surface area contributed by atoms with Crippen molar-refractivity contribution in [2.45, 2.75) is 33.8 Å². The fourth-order valence-corrected chi connectivity index (χ4v) is 2.03. The Kier molecular flexibility index (Phi) is 4.39. The van der Waals surface area contributed by atoms with Gasteiger partial charge in [0.2, 0.25) is 5.82 Å². The smallest absolute Gasteiger partial charge is 0.261 e. The van der Waals surface area contributed by atoms with Gasteiger partial charge in [0.15, 0.2) is 0 Å².